The summed E-state index contributed by atoms with van der Waals surface area (Å²) >= 11 is 0. The molecule has 194 valence electrons. The summed E-state index contributed by atoms with van der Waals surface area (Å²) in [6.07, 6.45) is 0.949. The van der Waals surface area contributed by atoms with E-state index in [1.54, 1.807) is 0 Å². The number of rotatable bonds is 11. The van der Waals surface area contributed by atoms with Crippen molar-refractivity contribution >= 4 is 20.0 Å². The van der Waals surface area contributed by atoms with Crippen LogP contribution in [0.4, 0.5) is 0 Å². The highest BCUT2D eigenvalue weighted by Crippen LogP contribution is 2.34. The smallest absolute Gasteiger partial charge is 0.243 e. The Balaban J connectivity index is 1.89. The van der Waals surface area contributed by atoms with Crippen LogP contribution in [0, 0.1) is 0 Å². The molecular weight excluding hydrogens is 496 g/mol. The first-order valence-electron chi connectivity index (χ1n) is 11.1. The topological polar surface area (TPSA) is 112 Å². The lowest BCUT2D eigenvalue weighted by Gasteiger charge is -2.28. The third-order valence-corrected chi connectivity index (χ3v) is 9.74. The Morgan fingerprint density at radius 2 is 1.34 bits per heavy atom. The van der Waals surface area contributed by atoms with Crippen LogP contribution < -0.4 is 18.9 Å². The molecule has 1 fully saturated rings. The second-order valence-corrected chi connectivity index (χ2v) is 11.8. The molecule has 1 aliphatic heterocycles. The quantitative estimate of drug-likeness (QED) is 0.438. The normalized spacial score (nSPS) is 16.9. The molecule has 1 heterocycles. The minimum absolute atomic E-state index is 0.0448. The molecule has 2 aromatic rings. The van der Waals surface area contributed by atoms with Gasteiger partial charge in [0.15, 0.2) is 23.0 Å². The van der Waals surface area contributed by atoms with Crippen LogP contribution >= 0.6 is 0 Å². The fourth-order valence-corrected chi connectivity index (χ4v) is 7.38. The van der Waals surface area contributed by atoms with E-state index >= 15 is 0 Å². The van der Waals surface area contributed by atoms with Crippen LogP contribution in [0.2, 0.25) is 0 Å². The molecule has 35 heavy (non-hydrogen) atoms. The molecule has 0 N–H and O–H groups in total. The zero-order valence-electron chi connectivity index (χ0n) is 20.6. The van der Waals surface area contributed by atoms with Gasteiger partial charge in [0.05, 0.1) is 38.2 Å². The summed E-state index contributed by atoms with van der Waals surface area (Å²) in [6.45, 7) is 2.38. The van der Waals surface area contributed by atoms with Crippen molar-refractivity contribution in [1.29, 1.82) is 0 Å². The molecule has 0 saturated carbocycles. The molecule has 10 nitrogen and oxygen atoms in total. The Labute approximate surface area is 207 Å². The van der Waals surface area contributed by atoms with Gasteiger partial charge in [-0.15, -0.1) is 0 Å². The van der Waals surface area contributed by atoms with Crippen molar-refractivity contribution in [2.75, 3.05) is 48.1 Å². The molecule has 1 aliphatic rings. The van der Waals surface area contributed by atoms with E-state index in [0.29, 0.717) is 35.8 Å². The molecule has 0 radical (unpaired) electrons. The number of benzene rings is 2. The van der Waals surface area contributed by atoms with Gasteiger partial charge in [-0.05, 0) is 37.1 Å². The van der Waals surface area contributed by atoms with Crippen molar-refractivity contribution in [1.82, 2.24) is 8.61 Å². The molecule has 0 spiro atoms. The molecule has 0 amide bonds. The fraction of sp³-hybridized carbons (Fsp3) is 0.478. The average molecular weight is 529 g/mol. The fourth-order valence-electron chi connectivity index (χ4n) is 4.12. The molecule has 1 atom stereocenters. The lowest BCUT2D eigenvalue weighted by molar-refractivity contribution is 0.323. The largest absolute Gasteiger partial charge is 0.493 e. The number of ether oxygens (including phenoxy) is 4. The van der Waals surface area contributed by atoms with Gasteiger partial charge in [-0.2, -0.15) is 8.61 Å². The van der Waals surface area contributed by atoms with E-state index in [-0.39, 0.29) is 29.4 Å². The Kier molecular flexibility index (Phi) is 8.52. The van der Waals surface area contributed by atoms with Crippen LogP contribution in [0.15, 0.2) is 46.2 Å². The first kappa shape index (κ1) is 27.1. The van der Waals surface area contributed by atoms with Gasteiger partial charge in [-0.3, -0.25) is 0 Å². The molecule has 12 heteroatoms. The maximum atomic E-state index is 13.6. The Hall–Kier alpha value is -2.54. The van der Waals surface area contributed by atoms with Crippen molar-refractivity contribution in [3.8, 4) is 23.0 Å². The monoisotopic (exact) mass is 528 g/mol. The summed E-state index contributed by atoms with van der Waals surface area (Å²) in [5, 5.41) is 0. The summed E-state index contributed by atoms with van der Waals surface area (Å²) < 4.78 is 77.5. The third kappa shape index (κ3) is 5.35. The maximum Gasteiger partial charge on any atom is 0.243 e. The van der Waals surface area contributed by atoms with Gasteiger partial charge in [0, 0.05) is 37.8 Å². The highest BCUT2D eigenvalue weighted by molar-refractivity contribution is 7.89. The Bertz CT molecular complexity index is 1250. The van der Waals surface area contributed by atoms with Crippen molar-refractivity contribution < 1.29 is 35.8 Å². The minimum Gasteiger partial charge on any atom is -0.493 e. The van der Waals surface area contributed by atoms with Gasteiger partial charge >= 0.3 is 0 Å². The van der Waals surface area contributed by atoms with Crippen LogP contribution in [0.5, 0.6) is 23.0 Å². The minimum atomic E-state index is -3.92. The van der Waals surface area contributed by atoms with Crippen LogP contribution in [0.1, 0.15) is 19.8 Å². The average Bonchev–Trinajstić information content (AvgIpc) is 3.36. The van der Waals surface area contributed by atoms with E-state index in [9.17, 15) is 16.8 Å². The van der Waals surface area contributed by atoms with Crippen molar-refractivity contribution in [3.63, 3.8) is 0 Å². The predicted molar refractivity (Wildman–Crippen MR) is 130 cm³/mol. The zero-order chi connectivity index (χ0) is 25.8. The standard InChI is InChI=1S/C23H32N2O8S2/c1-6-12-25(35(28,29)19-8-10-21(31-3)23(15-19)33-5)17-11-13-24(16-17)34(26,27)18-7-9-20(30-2)22(14-18)32-4/h7-10,14-15,17H,6,11-13,16H2,1-5H3/t17-/m0/s1. The van der Waals surface area contributed by atoms with Crippen molar-refractivity contribution in [2.45, 2.75) is 35.6 Å². The molecule has 0 aromatic heterocycles. The molecule has 0 aliphatic carbocycles. The lowest BCUT2D eigenvalue weighted by Crippen LogP contribution is -2.43. The van der Waals surface area contributed by atoms with Gasteiger partial charge in [0.25, 0.3) is 0 Å². The van der Waals surface area contributed by atoms with Gasteiger partial charge in [0.1, 0.15) is 0 Å². The second kappa shape index (κ2) is 11.0. The SMILES string of the molecule is CCCN([C@H]1CCN(S(=O)(=O)c2ccc(OC)c(OC)c2)C1)S(=O)(=O)c1ccc(OC)c(OC)c1. The number of hydrogen-bond acceptors (Lipinski definition) is 8. The highest BCUT2D eigenvalue weighted by Gasteiger charge is 2.40. The molecule has 1 saturated heterocycles. The Morgan fingerprint density at radius 3 is 1.86 bits per heavy atom. The summed E-state index contributed by atoms with van der Waals surface area (Å²) in [5.74, 6) is 1.43. The zero-order valence-corrected chi connectivity index (χ0v) is 22.2. The molecule has 3 rings (SSSR count). The van der Waals surface area contributed by atoms with Crippen LogP contribution in [0.25, 0.3) is 0 Å². The van der Waals surface area contributed by atoms with E-state index in [4.69, 9.17) is 18.9 Å². The highest BCUT2D eigenvalue weighted by atomic mass is 32.2. The summed E-state index contributed by atoms with van der Waals surface area (Å²) in [7, 11) is -1.97. The Morgan fingerprint density at radius 1 is 0.829 bits per heavy atom. The third-order valence-electron chi connectivity index (χ3n) is 5.93. The number of sulfonamides is 2. The first-order valence-corrected chi connectivity index (χ1v) is 14.0. The van der Waals surface area contributed by atoms with Crippen molar-refractivity contribution in [3.05, 3.63) is 36.4 Å². The first-order chi connectivity index (χ1) is 16.6. The van der Waals surface area contributed by atoms with Crippen LogP contribution in [-0.2, 0) is 20.0 Å². The van der Waals surface area contributed by atoms with Gasteiger partial charge < -0.3 is 18.9 Å². The summed E-state index contributed by atoms with van der Waals surface area (Å²) in [4.78, 5) is 0.116. The molecule has 0 bridgehead atoms. The number of nitrogens with zero attached hydrogens (tertiary/aromatic N) is 2. The van der Waals surface area contributed by atoms with Gasteiger partial charge in [-0.1, -0.05) is 6.92 Å². The van der Waals surface area contributed by atoms with Gasteiger partial charge in [0.2, 0.25) is 20.0 Å². The van der Waals surface area contributed by atoms with Crippen molar-refractivity contribution in [2.24, 2.45) is 0 Å². The predicted octanol–water partition coefficient (Wildman–Crippen LogP) is 2.58. The van der Waals surface area contributed by atoms with Crippen LogP contribution in [-0.4, -0.2) is 79.6 Å². The number of hydrogen-bond donors (Lipinski definition) is 0. The summed E-state index contributed by atoms with van der Waals surface area (Å²) in [5.41, 5.74) is 0. The van der Waals surface area contributed by atoms with E-state index in [1.807, 2.05) is 6.92 Å². The molecule has 0 unspecified atom stereocenters. The maximum absolute atomic E-state index is 13.6. The lowest BCUT2D eigenvalue weighted by atomic mass is 10.2. The van der Waals surface area contributed by atoms with Gasteiger partial charge in [-0.25, -0.2) is 16.8 Å². The van der Waals surface area contributed by atoms with E-state index in [2.05, 4.69) is 0 Å². The molecular formula is C23H32N2O8S2. The molecule has 2 aromatic carbocycles. The number of methoxy groups -OCH3 is 4. The van der Waals surface area contributed by atoms with E-state index in [1.165, 1.54) is 73.4 Å². The van der Waals surface area contributed by atoms with E-state index in [0.717, 1.165) is 0 Å². The van der Waals surface area contributed by atoms with E-state index < -0.39 is 26.1 Å². The second-order valence-electron chi connectivity index (χ2n) is 7.95. The van der Waals surface area contributed by atoms with Crippen LogP contribution in [0.3, 0.4) is 0 Å². The summed E-state index contributed by atoms with van der Waals surface area (Å²) in [6, 6.07) is 8.31.